The molecule has 16 heavy (non-hydrogen) atoms. The molecule has 0 fully saturated rings. The minimum absolute atomic E-state index is 0. The normalized spacial score (nSPS) is 10.7. The minimum atomic E-state index is 0. The van der Waals surface area contributed by atoms with Crippen molar-refractivity contribution in [2.75, 3.05) is 21.3 Å². The number of hydrogen-bond acceptors (Lipinski definition) is 3. The molecule has 96 valence electrons. The SMILES string of the molecule is CC(C)CC1=[C-]CC=C1.CO.CO.CO.[Zr]. The molecule has 3 N–H and O–H groups in total. The van der Waals surface area contributed by atoms with Crippen LogP contribution in [0.3, 0.4) is 0 Å². The molecule has 0 aromatic carbocycles. The minimum Gasteiger partial charge on any atom is -0.400 e. The van der Waals surface area contributed by atoms with Crippen molar-refractivity contribution in [1.82, 2.24) is 0 Å². The second kappa shape index (κ2) is 24.5. The molecule has 0 amide bonds. The van der Waals surface area contributed by atoms with Gasteiger partial charge in [-0.05, 0) is 5.92 Å². The fourth-order valence-corrected chi connectivity index (χ4v) is 1.03. The Bertz CT molecular complexity index is 154. The maximum absolute atomic E-state index is 7.00. The van der Waals surface area contributed by atoms with Gasteiger partial charge in [-0.3, -0.25) is 6.08 Å². The molecule has 0 unspecified atom stereocenters. The molecular formula is C12H25O3Zr-. The third-order valence-corrected chi connectivity index (χ3v) is 1.39. The fraction of sp³-hybridized carbons (Fsp3) is 0.667. The van der Waals surface area contributed by atoms with Crippen LogP contribution in [0.25, 0.3) is 0 Å². The van der Waals surface area contributed by atoms with Gasteiger partial charge in [0.1, 0.15) is 0 Å². The summed E-state index contributed by atoms with van der Waals surface area (Å²) in [5.41, 5.74) is 1.39. The average molecular weight is 309 g/mol. The predicted octanol–water partition coefficient (Wildman–Crippen LogP) is 1.54. The van der Waals surface area contributed by atoms with Crippen LogP contribution in [0.1, 0.15) is 26.7 Å². The van der Waals surface area contributed by atoms with E-state index < -0.39 is 0 Å². The largest absolute Gasteiger partial charge is 0.400 e. The molecule has 0 spiro atoms. The maximum atomic E-state index is 7.00. The molecular weight excluding hydrogens is 283 g/mol. The van der Waals surface area contributed by atoms with Crippen LogP contribution in [-0.4, -0.2) is 36.6 Å². The summed E-state index contributed by atoms with van der Waals surface area (Å²) in [6, 6.07) is 0. The Labute approximate surface area is 119 Å². The van der Waals surface area contributed by atoms with E-state index in [0.29, 0.717) is 0 Å². The first kappa shape index (κ1) is 25.2. The van der Waals surface area contributed by atoms with Crippen LogP contribution in [0, 0.1) is 12.0 Å². The number of hydrogen-bond donors (Lipinski definition) is 3. The standard InChI is InChI=1S/C9H13.3CH4O.Zr/c1-8(2)7-9-5-3-4-6-9;3*1-2;/h3,5,8H,4,7H2,1-2H3;3*2H,1H3;/q-1;;;;. The molecule has 4 heteroatoms. The van der Waals surface area contributed by atoms with Gasteiger partial charge in [-0.25, -0.2) is 11.6 Å². The van der Waals surface area contributed by atoms with E-state index in [9.17, 15) is 0 Å². The first-order valence-electron chi connectivity index (χ1n) is 4.89. The zero-order valence-corrected chi connectivity index (χ0v) is 13.4. The van der Waals surface area contributed by atoms with E-state index in [1.54, 1.807) is 0 Å². The van der Waals surface area contributed by atoms with Gasteiger partial charge in [0.05, 0.1) is 0 Å². The van der Waals surface area contributed by atoms with Crippen molar-refractivity contribution in [3.8, 4) is 0 Å². The third-order valence-electron chi connectivity index (χ3n) is 1.39. The van der Waals surface area contributed by atoms with Crippen molar-refractivity contribution in [1.29, 1.82) is 0 Å². The Morgan fingerprint density at radius 3 is 1.81 bits per heavy atom. The van der Waals surface area contributed by atoms with Gasteiger partial charge in [-0.1, -0.05) is 20.3 Å². The van der Waals surface area contributed by atoms with Gasteiger partial charge in [0, 0.05) is 47.5 Å². The van der Waals surface area contributed by atoms with Gasteiger partial charge in [0.25, 0.3) is 0 Å². The van der Waals surface area contributed by atoms with Crippen molar-refractivity contribution in [3.05, 3.63) is 23.8 Å². The smallest absolute Gasteiger partial charge is 0.0319 e. The maximum Gasteiger partial charge on any atom is 0.0319 e. The van der Waals surface area contributed by atoms with Crippen LogP contribution in [0.15, 0.2) is 17.7 Å². The summed E-state index contributed by atoms with van der Waals surface area (Å²) in [5.74, 6) is 0.773. The van der Waals surface area contributed by atoms with Crippen LogP contribution in [0.2, 0.25) is 0 Å². The first-order chi connectivity index (χ1) is 7.29. The van der Waals surface area contributed by atoms with Gasteiger partial charge in [-0.15, -0.1) is 6.42 Å². The van der Waals surface area contributed by atoms with Crippen LogP contribution >= 0.6 is 0 Å². The molecule has 0 saturated carbocycles. The number of allylic oxidation sites excluding steroid dienone is 4. The molecule has 1 aliphatic rings. The van der Waals surface area contributed by atoms with Crippen LogP contribution < -0.4 is 0 Å². The Kier molecular flexibility index (Phi) is 38.5. The van der Waals surface area contributed by atoms with Crippen molar-refractivity contribution >= 4 is 0 Å². The summed E-state index contributed by atoms with van der Waals surface area (Å²) in [4.78, 5) is 0. The van der Waals surface area contributed by atoms with E-state index in [4.69, 9.17) is 15.3 Å². The van der Waals surface area contributed by atoms with Crippen LogP contribution in [0.5, 0.6) is 0 Å². The van der Waals surface area contributed by atoms with Gasteiger partial charge in [0.2, 0.25) is 0 Å². The Morgan fingerprint density at radius 1 is 1.12 bits per heavy atom. The van der Waals surface area contributed by atoms with Crippen molar-refractivity contribution < 1.29 is 41.5 Å². The molecule has 3 nitrogen and oxygen atoms in total. The molecule has 0 heterocycles. The Morgan fingerprint density at radius 2 is 1.56 bits per heavy atom. The monoisotopic (exact) mass is 307 g/mol. The van der Waals surface area contributed by atoms with Crippen molar-refractivity contribution in [2.45, 2.75) is 26.7 Å². The summed E-state index contributed by atoms with van der Waals surface area (Å²) in [6.07, 6.45) is 9.86. The topological polar surface area (TPSA) is 60.7 Å². The zero-order valence-electron chi connectivity index (χ0n) is 11.0. The molecule has 0 aromatic heterocycles. The van der Waals surface area contributed by atoms with Gasteiger partial charge in [-0.2, -0.15) is 6.08 Å². The molecule has 1 rings (SSSR count). The quantitative estimate of drug-likeness (QED) is 0.678. The zero-order chi connectivity index (χ0) is 12.7. The summed E-state index contributed by atoms with van der Waals surface area (Å²) >= 11 is 0. The molecule has 1 aliphatic carbocycles. The van der Waals surface area contributed by atoms with Gasteiger partial charge in [0.15, 0.2) is 0 Å². The summed E-state index contributed by atoms with van der Waals surface area (Å²) < 4.78 is 0. The number of aliphatic hydroxyl groups excluding tert-OH is 3. The van der Waals surface area contributed by atoms with Crippen LogP contribution in [-0.2, 0) is 26.2 Å². The van der Waals surface area contributed by atoms with Crippen molar-refractivity contribution in [2.24, 2.45) is 5.92 Å². The molecule has 0 atom stereocenters. The molecule has 0 aromatic rings. The third kappa shape index (κ3) is 19.8. The predicted molar refractivity (Wildman–Crippen MR) is 64.4 cm³/mol. The van der Waals surface area contributed by atoms with Gasteiger partial charge < -0.3 is 15.3 Å². The average Bonchev–Trinajstić information content (AvgIpc) is 2.78. The molecule has 0 saturated heterocycles. The van der Waals surface area contributed by atoms with Crippen molar-refractivity contribution in [3.63, 3.8) is 0 Å². The van der Waals surface area contributed by atoms with Gasteiger partial charge >= 0.3 is 0 Å². The van der Waals surface area contributed by atoms with E-state index >= 15 is 0 Å². The van der Waals surface area contributed by atoms with E-state index in [0.717, 1.165) is 33.7 Å². The molecule has 0 radical (unpaired) electrons. The second-order valence-electron chi connectivity index (χ2n) is 2.91. The van der Waals surface area contributed by atoms with E-state index in [1.165, 1.54) is 12.0 Å². The Balaban J connectivity index is -0.0000000900. The number of aliphatic hydroxyl groups is 3. The van der Waals surface area contributed by atoms with E-state index in [-0.39, 0.29) is 26.2 Å². The fourth-order valence-electron chi connectivity index (χ4n) is 1.03. The second-order valence-corrected chi connectivity index (χ2v) is 2.91. The molecule has 0 aliphatic heterocycles. The number of rotatable bonds is 2. The first-order valence-corrected chi connectivity index (χ1v) is 4.89. The summed E-state index contributed by atoms with van der Waals surface area (Å²) in [5, 5.41) is 21.0. The van der Waals surface area contributed by atoms with E-state index in [2.05, 4.69) is 32.1 Å². The van der Waals surface area contributed by atoms with Crippen LogP contribution in [0.4, 0.5) is 0 Å². The summed E-state index contributed by atoms with van der Waals surface area (Å²) in [6.45, 7) is 4.47. The summed E-state index contributed by atoms with van der Waals surface area (Å²) in [7, 11) is 3.00. The molecule has 0 bridgehead atoms. The van der Waals surface area contributed by atoms with E-state index in [1.807, 2.05) is 0 Å². The Hall–Kier alpha value is 0.243.